The fourth-order valence-electron chi connectivity index (χ4n) is 3.67. The van der Waals surface area contributed by atoms with Crippen molar-refractivity contribution in [3.63, 3.8) is 0 Å². The summed E-state index contributed by atoms with van der Waals surface area (Å²) in [6.45, 7) is 2.69. The van der Waals surface area contributed by atoms with Crippen molar-refractivity contribution in [3.05, 3.63) is 64.5 Å². The first-order valence-corrected chi connectivity index (χ1v) is 10.5. The number of benzene rings is 2. The van der Waals surface area contributed by atoms with Crippen molar-refractivity contribution in [1.29, 1.82) is 5.26 Å². The standard InChI is InChI=1S/C23H22N2O3S/c24-12-15-1-6-22-18(9-15)10-20(29-22)11-21(23(26)27)17-2-4-19(5-3-17)28-14-16-7-8-25-13-16/h1-6,9-10,16,21,25H,7-8,11,13-14H2,(H,26,27)/p-1. The average molecular weight is 405 g/mol. The van der Waals surface area contributed by atoms with Gasteiger partial charge in [0.15, 0.2) is 0 Å². The first kappa shape index (κ1) is 19.4. The molecule has 6 heteroatoms. The van der Waals surface area contributed by atoms with Gasteiger partial charge in [-0.1, -0.05) is 12.1 Å². The number of hydrogen-bond donors (Lipinski definition) is 1. The Hall–Kier alpha value is -2.88. The summed E-state index contributed by atoms with van der Waals surface area (Å²) in [5.74, 6) is -0.541. The van der Waals surface area contributed by atoms with Gasteiger partial charge in [-0.05, 0) is 66.7 Å². The van der Waals surface area contributed by atoms with Gasteiger partial charge in [-0.25, -0.2) is 0 Å². The van der Waals surface area contributed by atoms with Gasteiger partial charge in [-0.3, -0.25) is 0 Å². The molecule has 29 heavy (non-hydrogen) atoms. The monoisotopic (exact) mass is 405 g/mol. The Kier molecular flexibility index (Phi) is 5.79. The Morgan fingerprint density at radius 2 is 2.10 bits per heavy atom. The van der Waals surface area contributed by atoms with E-state index in [1.165, 1.54) is 0 Å². The molecular weight excluding hydrogens is 384 g/mol. The summed E-state index contributed by atoms with van der Waals surface area (Å²) >= 11 is 1.55. The molecule has 1 aliphatic rings. The van der Waals surface area contributed by atoms with E-state index >= 15 is 0 Å². The smallest absolute Gasteiger partial charge is 0.119 e. The number of carboxylic acid groups (broad SMARTS) is 1. The molecule has 0 amide bonds. The van der Waals surface area contributed by atoms with Crippen LogP contribution in [-0.2, 0) is 11.2 Å². The minimum absolute atomic E-state index is 0.359. The summed E-state index contributed by atoms with van der Waals surface area (Å²) in [4.78, 5) is 12.8. The highest BCUT2D eigenvalue weighted by atomic mass is 32.1. The Labute approximate surface area is 173 Å². The van der Waals surface area contributed by atoms with Gasteiger partial charge in [0, 0.05) is 33.9 Å². The highest BCUT2D eigenvalue weighted by Crippen LogP contribution is 2.31. The molecule has 1 aromatic heterocycles. The number of nitriles is 1. The Bertz CT molecular complexity index is 1050. The van der Waals surface area contributed by atoms with E-state index < -0.39 is 11.9 Å². The lowest BCUT2D eigenvalue weighted by molar-refractivity contribution is -0.308. The molecule has 4 rings (SSSR count). The number of ether oxygens (including phenoxy) is 1. The van der Waals surface area contributed by atoms with Crippen LogP contribution in [0.2, 0.25) is 0 Å². The van der Waals surface area contributed by atoms with E-state index in [2.05, 4.69) is 11.4 Å². The Morgan fingerprint density at radius 1 is 1.28 bits per heavy atom. The average Bonchev–Trinajstić information content (AvgIpc) is 3.39. The van der Waals surface area contributed by atoms with Crippen LogP contribution in [-0.4, -0.2) is 25.7 Å². The van der Waals surface area contributed by atoms with Crippen molar-refractivity contribution < 1.29 is 14.6 Å². The van der Waals surface area contributed by atoms with Crippen LogP contribution >= 0.6 is 11.3 Å². The van der Waals surface area contributed by atoms with Crippen molar-refractivity contribution >= 4 is 27.4 Å². The molecule has 3 aromatic rings. The molecule has 2 unspecified atom stereocenters. The summed E-state index contributed by atoms with van der Waals surface area (Å²) in [5, 5.41) is 25.1. The SMILES string of the molecule is N#Cc1ccc2sc(CC(C(=O)[O-])c3ccc(OCC4CCNC4)cc3)cc2c1. The second-order valence-corrected chi connectivity index (χ2v) is 8.56. The van der Waals surface area contributed by atoms with Gasteiger partial charge in [0.2, 0.25) is 0 Å². The van der Waals surface area contributed by atoms with Crippen molar-refractivity contribution in [3.8, 4) is 11.8 Å². The van der Waals surface area contributed by atoms with Crippen molar-refractivity contribution in [2.24, 2.45) is 5.92 Å². The van der Waals surface area contributed by atoms with Crippen LogP contribution < -0.4 is 15.2 Å². The zero-order valence-corrected chi connectivity index (χ0v) is 16.7. The van der Waals surface area contributed by atoms with Crippen LogP contribution in [0.5, 0.6) is 5.75 Å². The molecule has 0 spiro atoms. The van der Waals surface area contributed by atoms with Crippen LogP contribution in [0.15, 0.2) is 48.5 Å². The zero-order valence-electron chi connectivity index (χ0n) is 15.9. The minimum Gasteiger partial charge on any atom is -0.549 e. The van der Waals surface area contributed by atoms with E-state index in [-0.39, 0.29) is 0 Å². The highest BCUT2D eigenvalue weighted by molar-refractivity contribution is 7.19. The van der Waals surface area contributed by atoms with E-state index in [0.717, 1.165) is 40.2 Å². The van der Waals surface area contributed by atoms with Crippen LogP contribution in [0.25, 0.3) is 10.1 Å². The molecule has 2 heterocycles. The molecule has 1 N–H and O–H groups in total. The highest BCUT2D eigenvalue weighted by Gasteiger charge is 2.17. The predicted molar refractivity (Wildman–Crippen MR) is 111 cm³/mol. The van der Waals surface area contributed by atoms with E-state index in [1.807, 2.05) is 42.5 Å². The fraction of sp³-hybridized carbons (Fsp3) is 0.304. The molecule has 1 aliphatic heterocycles. The van der Waals surface area contributed by atoms with E-state index in [9.17, 15) is 9.90 Å². The number of carbonyl (C=O) groups excluding carboxylic acids is 1. The predicted octanol–water partition coefficient (Wildman–Crippen LogP) is 2.84. The summed E-state index contributed by atoms with van der Waals surface area (Å²) < 4.78 is 6.88. The second-order valence-electron chi connectivity index (χ2n) is 7.39. The second kappa shape index (κ2) is 8.64. The number of aliphatic carboxylic acids is 1. The van der Waals surface area contributed by atoms with E-state index in [1.54, 1.807) is 17.4 Å². The summed E-state index contributed by atoms with van der Waals surface area (Å²) in [6, 6.07) is 16.9. The molecule has 2 atom stereocenters. The molecule has 1 fully saturated rings. The summed E-state index contributed by atoms with van der Waals surface area (Å²) in [6.07, 6.45) is 1.48. The molecule has 1 saturated heterocycles. The number of thiophene rings is 1. The number of fused-ring (bicyclic) bond motifs is 1. The number of nitrogens with one attached hydrogen (secondary N) is 1. The van der Waals surface area contributed by atoms with Crippen molar-refractivity contribution in [1.82, 2.24) is 5.32 Å². The minimum atomic E-state index is -1.09. The third-order valence-corrected chi connectivity index (χ3v) is 6.46. The number of nitrogens with zero attached hydrogens (tertiary/aromatic N) is 1. The largest absolute Gasteiger partial charge is 0.549 e. The third-order valence-electron chi connectivity index (χ3n) is 5.32. The molecular formula is C23H21N2O3S-. The van der Waals surface area contributed by atoms with Crippen LogP contribution in [0.1, 0.15) is 28.3 Å². The van der Waals surface area contributed by atoms with Gasteiger partial charge in [0.25, 0.3) is 0 Å². The zero-order chi connectivity index (χ0) is 20.2. The molecule has 0 saturated carbocycles. The molecule has 0 radical (unpaired) electrons. The van der Waals surface area contributed by atoms with Gasteiger partial charge in [-0.15, -0.1) is 11.3 Å². The lowest BCUT2D eigenvalue weighted by atomic mass is 9.95. The number of rotatable bonds is 7. The molecule has 148 valence electrons. The Balaban J connectivity index is 1.47. The Morgan fingerprint density at radius 3 is 2.79 bits per heavy atom. The van der Waals surface area contributed by atoms with Crippen LogP contribution in [0, 0.1) is 17.2 Å². The third kappa shape index (κ3) is 4.58. The van der Waals surface area contributed by atoms with Gasteiger partial charge >= 0.3 is 0 Å². The maximum absolute atomic E-state index is 11.8. The van der Waals surface area contributed by atoms with E-state index in [4.69, 9.17) is 10.00 Å². The summed E-state index contributed by atoms with van der Waals surface area (Å²) in [7, 11) is 0. The number of carboxylic acids is 1. The lowest BCUT2D eigenvalue weighted by Gasteiger charge is -2.18. The maximum atomic E-state index is 11.8. The maximum Gasteiger partial charge on any atom is 0.119 e. The van der Waals surface area contributed by atoms with Crippen LogP contribution in [0.4, 0.5) is 0 Å². The van der Waals surface area contributed by atoms with Crippen molar-refractivity contribution in [2.45, 2.75) is 18.8 Å². The molecule has 2 aromatic carbocycles. The van der Waals surface area contributed by atoms with Gasteiger partial charge < -0.3 is 20.0 Å². The lowest BCUT2D eigenvalue weighted by Crippen LogP contribution is -2.30. The molecule has 0 aliphatic carbocycles. The quantitative estimate of drug-likeness (QED) is 0.653. The van der Waals surface area contributed by atoms with Crippen LogP contribution in [0.3, 0.4) is 0 Å². The fourth-order valence-corrected chi connectivity index (χ4v) is 4.76. The van der Waals surface area contributed by atoms with Crippen molar-refractivity contribution in [2.75, 3.05) is 19.7 Å². The topological polar surface area (TPSA) is 85.2 Å². The normalized spacial score (nSPS) is 17.1. The first-order valence-electron chi connectivity index (χ1n) is 9.69. The number of hydrogen-bond acceptors (Lipinski definition) is 6. The van der Waals surface area contributed by atoms with E-state index in [0.29, 0.717) is 30.1 Å². The first-order chi connectivity index (χ1) is 14.1. The number of carbonyl (C=O) groups is 1. The summed E-state index contributed by atoms with van der Waals surface area (Å²) in [5.41, 5.74) is 1.30. The molecule has 0 bridgehead atoms. The van der Waals surface area contributed by atoms with Gasteiger partial charge in [0.1, 0.15) is 5.75 Å². The molecule has 5 nitrogen and oxygen atoms in total. The van der Waals surface area contributed by atoms with Gasteiger partial charge in [-0.2, -0.15) is 5.26 Å². The van der Waals surface area contributed by atoms with Gasteiger partial charge in [0.05, 0.1) is 18.2 Å².